The molecule has 0 fully saturated rings. The van der Waals surface area contributed by atoms with E-state index in [4.69, 9.17) is 5.84 Å². The van der Waals surface area contributed by atoms with Crippen molar-refractivity contribution in [1.29, 1.82) is 0 Å². The van der Waals surface area contributed by atoms with Crippen molar-refractivity contribution < 1.29 is 0 Å². The van der Waals surface area contributed by atoms with Crippen LogP contribution in [0, 0.1) is 0 Å². The van der Waals surface area contributed by atoms with E-state index < -0.39 is 0 Å². The summed E-state index contributed by atoms with van der Waals surface area (Å²) in [6, 6.07) is 1.86. The zero-order valence-corrected chi connectivity index (χ0v) is 11.1. The Hall–Kier alpha value is -1.95. The minimum absolute atomic E-state index is 0.639. The summed E-state index contributed by atoms with van der Waals surface area (Å²) in [6.45, 7) is 2.03. The topological polar surface area (TPSA) is 81.6 Å². The molecule has 2 aromatic heterocycles. The van der Waals surface area contributed by atoms with Gasteiger partial charge in [0.1, 0.15) is 23.8 Å². The first-order valence-corrected chi connectivity index (χ1v) is 6.72. The molecule has 1 aliphatic carbocycles. The van der Waals surface area contributed by atoms with Gasteiger partial charge in [-0.05, 0) is 25.7 Å². The third-order valence-corrected chi connectivity index (χ3v) is 3.50. The Bertz CT molecular complexity index is 567. The van der Waals surface area contributed by atoms with Crippen LogP contribution in [0.1, 0.15) is 37.0 Å². The molecule has 0 atom stereocenters. The number of rotatable bonds is 3. The van der Waals surface area contributed by atoms with Gasteiger partial charge in [0.15, 0.2) is 0 Å². The number of nitrogens with zero attached hydrogens (tertiary/aromatic N) is 4. The second-order valence-electron chi connectivity index (χ2n) is 4.74. The Morgan fingerprint density at radius 1 is 1.32 bits per heavy atom. The number of nitrogen functional groups attached to an aromatic ring is 1. The van der Waals surface area contributed by atoms with Crippen molar-refractivity contribution in [2.45, 2.75) is 39.0 Å². The summed E-state index contributed by atoms with van der Waals surface area (Å²) in [5.41, 5.74) is 5.07. The Labute approximate surface area is 112 Å². The van der Waals surface area contributed by atoms with Gasteiger partial charge in [-0.1, -0.05) is 6.92 Å². The van der Waals surface area contributed by atoms with Crippen LogP contribution in [0.5, 0.6) is 0 Å². The van der Waals surface area contributed by atoms with E-state index in [0.717, 1.165) is 30.9 Å². The first-order chi connectivity index (χ1) is 9.31. The number of anilines is 1. The lowest BCUT2D eigenvalue weighted by molar-refractivity contribution is 0.653. The van der Waals surface area contributed by atoms with Gasteiger partial charge in [-0.2, -0.15) is 0 Å². The molecule has 19 heavy (non-hydrogen) atoms. The third kappa shape index (κ3) is 2.19. The van der Waals surface area contributed by atoms with E-state index in [2.05, 4.69) is 24.9 Å². The van der Waals surface area contributed by atoms with Gasteiger partial charge in [-0.3, -0.25) is 4.57 Å². The predicted molar refractivity (Wildman–Crippen MR) is 73.0 cm³/mol. The van der Waals surface area contributed by atoms with Gasteiger partial charge in [-0.25, -0.2) is 20.8 Å². The minimum atomic E-state index is 0.639. The molecular formula is C13H18N6. The summed E-state index contributed by atoms with van der Waals surface area (Å²) < 4.78 is 2.07. The molecule has 2 heterocycles. The van der Waals surface area contributed by atoms with Crippen LogP contribution >= 0.6 is 0 Å². The predicted octanol–water partition coefficient (Wildman–Crippen LogP) is 1.39. The van der Waals surface area contributed by atoms with Crippen LogP contribution in [0.3, 0.4) is 0 Å². The first kappa shape index (κ1) is 12.1. The molecule has 0 aromatic carbocycles. The molecule has 6 nitrogen and oxygen atoms in total. The molecule has 100 valence electrons. The van der Waals surface area contributed by atoms with E-state index in [9.17, 15) is 0 Å². The van der Waals surface area contributed by atoms with Crippen molar-refractivity contribution in [3.63, 3.8) is 0 Å². The Morgan fingerprint density at radius 2 is 2.16 bits per heavy atom. The SMILES string of the molecule is CCc1nc(NN)cc(-n2cnc3c2CCCC3)n1. The van der Waals surface area contributed by atoms with Gasteiger partial charge in [0, 0.05) is 18.2 Å². The number of hydrazine groups is 1. The maximum absolute atomic E-state index is 5.47. The van der Waals surface area contributed by atoms with E-state index in [-0.39, 0.29) is 0 Å². The molecule has 0 saturated heterocycles. The van der Waals surface area contributed by atoms with E-state index in [1.165, 1.54) is 24.2 Å². The summed E-state index contributed by atoms with van der Waals surface area (Å²) in [6.07, 6.45) is 7.20. The molecule has 0 spiro atoms. The van der Waals surface area contributed by atoms with Crippen LogP contribution in [0.25, 0.3) is 5.82 Å². The average Bonchev–Trinajstić information content (AvgIpc) is 2.90. The second kappa shape index (κ2) is 4.97. The normalized spacial score (nSPS) is 14.2. The average molecular weight is 258 g/mol. The Morgan fingerprint density at radius 3 is 2.95 bits per heavy atom. The van der Waals surface area contributed by atoms with Crippen molar-refractivity contribution in [2.24, 2.45) is 5.84 Å². The molecule has 0 bridgehead atoms. The molecule has 6 heteroatoms. The minimum Gasteiger partial charge on any atom is -0.308 e. The summed E-state index contributed by atoms with van der Waals surface area (Å²) in [7, 11) is 0. The number of hydrogen-bond donors (Lipinski definition) is 2. The van der Waals surface area contributed by atoms with Crippen LogP contribution in [0.4, 0.5) is 5.82 Å². The van der Waals surface area contributed by atoms with E-state index in [0.29, 0.717) is 5.82 Å². The van der Waals surface area contributed by atoms with Crippen LogP contribution in [0.15, 0.2) is 12.4 Å². The second-order valence-corrected chi connectivity index (χ2v) is 4.74. The highest BCUT2D eigenvalue weighted by atomic mass is 15.3. The van der Waals surface area contributed by atoms with E-state index in [1.54, 1.807) is 0 Å². The summed E-state index contributed by atoms with van der Waals surface area (Å²) in [4.78, 5) is 13.4. The number of aryl methyl sites for hydroxylation is 2. The van der Waals surface area contributed by atoms with Gasteiger partial charge in [0.05, 0.1) is 5.69 Å². The van der Waals surface area contributed by atoms with Gasteiger partial charge in [-0.15, -0.1) is 0 Å². The van der Waals surface area contributed by atoms with Crippen molar-refractivity contribution >= 4 is 5.82 Å². The lowest BCUT2D eigenvalue weighted by Crippen LogP contribution is -2.13. The quantitative estimate of drug-likeness (QED) is 0.642. The van der Waals surface area contributed by atoms with Crippen molar-refractivity contribution in [2.75, 3.05) is 5.43 Å². The molecule has 1 aliphatic rings. The van der Waals surface area contributed by atoms with Crippen LogP contribution in [-0.4, -0.2) is 19.5 Å². The lowest BCUT2D eigenvalue weighted by atomic mass is 10.0. The van der Waals surface area contributed by atoms with Gasteiger partial charge in [0.2, 0.25) is 0 Å². The maximum Gasteiger partial charge on any atom is 0.145 e. The maximum atomic E-state index is 5.47. The number of imidazole rings is 1. The van der Waals surface area contributed by atoms with Crippen molar-refractivity contribution in [1.82, 2.24) is 19.5 Å². The molecule has 0 saturated carbocycles. The zero-order chi connectivity index (χ0) is 13.2. The van der Waals surface area contributed by atoms with Gasteiger partial charge >= 0.3 is 0 Å². The fourth-order valence-electron chi connectivity index (χ4n) is 2.51. The summed E-state index contributed by atoms with van der Waals surface area (Å²) in [5, 5.41) is 0. The number of fused-ring (bicyclic) bond motifs is 1. The van der Waals surface area contributed by atoms with E-state index in [1.807, 2.05) is 19.3 Å². The van der Waals surface area contributed by atoms with E-state index >= 15 is 0 Å². The molecule has 3 rings (SSSR count). The zero-order valence-electron chi connectivity index (χ0n) is 11.1. The number of nitrogens with one attached hydrogen (secondary N) is 1. The first-order valence-electron chi connectivity index (χ1n) is 6.72. The van der Waals surface area contributed by atoms with Crippen LogP contribution in [-0.2, 0) is 19.3 Å². The fourth-order valence-corrected chi connectivity index (χ4v) is 2.51. The number of hydrogen-bond acceptors (Lipinski definition) is 5. The third-order valence-electron chi connectivity index (χ3n) is 3.50. The van der Waals surface area contributed by atoms with Crippen LogP contribution < -0.4 is 11.3 Å². The van der Waals surface area contributed by atoms with Crippen LogP contribution in [0.2, 0.25) is 0 Å². The van der Waals surface area contributed by atoms with Gasteiger partial charge in [0.25, 0.3) is 0 Å². The fraction of sp³-hybridized carbons (Fsp3) is 0.462. The van der Waals surface area contributed by atoms with Crippen molar-refractivity contribution in [3.05, 3.63) is 29.6 Å². The molecule has 2 aromatic rings. The smallest absolute Gasteiger partial charge is 0.145 e. The summed E-state index contributed by atoms with van der Waals surface area (Å²) >= 11 is 0. The molecule has 0 amide bonds. The monoisotopic (exact) mass is 258 g/mol. The highest BCUT2D eigenvalue weighted by Gasteiger charge is 2.17. The Kier molecular flexibility index (Phi) is 3.16. The highest BCUT2D eigenvalue weighted by Crippen LogP contribution is 2.23. The lowest BCUT2D eigenvalue weighted by Gasteiger charge is -2.14. The molecule has 0 radical (unpaired) electrons. The number of nitrogens with two attached hydrogens (primary N) is 1. The largest absolute Gasteiger partial charge is 0.308 e. The number of aromatic nitrogens is 4. The van der Waals surface area contributed by atoms with Gasteiger partial charge < -0.3 is 5.43 Å². The standard InChI is InChI=1S/C13H18N6/c1-2-11-16-12(18-14)7-13(17-11)19-8-15-9-5-3-4-6-10(9)19/h7-8H,2-6,14H2,1H3,(H,16,17,18). The van der Waals surface area contributed by atoms with Crippen molar-refractivity contribution in [3.8, 4) is 5.82 Å². The molecular weight excluding hydrogens is 240 g/mol. The molecule has 3 N–H and O–H groups in total. The summed E-state index contributed by atoms with van der Waals surface area (Å²) in [5.74, 6) is 7.73. The highest BCUT2D eigenvalue weighted by molar-refractivity contribution is 5.42. The molecule has 0 aliphatic heterocycles. The molecule has 0 unspecified atom stereocenters. The Balaban J connectivity index is 2.08.